The third-order valence-corrected chi connectivity index (χ3v) is 6.28. The molecule has 0 radical (unpaired) electrons. The van der Waals surface area contributed by atoms with Gasteiger partial charge in [0.05, 0.1) is 10.0 Å². The van der Waals surface area contributed by atoms with Crippen molar-refractivity contribution in [2.45, 2.75) is 58.3 Å². The monoisotopic (exact) mass is 324 g/mol. The summed E-state index contributed by atoms with van der Waals surface area (Å²) >= 11 is 12.5. The number of carbonyl (C=O) groups is 1. The van der Waals surface area contributed by atoms with Crippen molar-refractivity contribution in [3.05, 3.63) is 33.3 Å². The lowest BCUT2D eigenvalue weighted by molar-refractivity contribution is 0.0671. The van der Waals surface area contributed by atoms with Gasteiger partial charge in [0.15, 0.2) is 5.78 Å². The van der Waals surface area contributed by atoms with E-state index in [4.69, 9.17) is 23.2 Å². The van der Waals surface area contributed by atoms with Gasteiger partial charge in [-0.15, -0.1) is 0 Å². The van der Waals surface area contributed by atoms with Gasteiger partial charge in [0.25, 0.3) is 0 Å². The van der Waals surface area contributed by atoms with Crippen molar-refractivity contribution in [2.24, 2.45) is 11.3 Å². The summed E-state index contributed by atoms with van der Waals surface area (Å²) in [6, 6.07) is 3.84. The molecule has 0 aromatic heterocycles. The summed E-state index contributed by atoms with van der Waals surface area (Å²) in [5.74, 6) is 0.796. The molecule has 1 atom stereocenters. The Balaban J connectivity index is 2.03. The van der Waals surface area contributed by atoms with E-state index in [1.807, 2.05) is 12.1 Å². The van der Waals surface area contributed by atoms with Gasteiger partial charge in [-0.2, -0.15) is 0 Å². The fourth-order valence-corrected chi connectivity index (χ4v) is 4.79. The zero-order valence-electron chi connectivity index (χ0n) is 12.6. The van der Waals surface area contributed by atoms with Crippen LogP contribution in [0.25, 0.3) is 0 Å². The number of unbranched alkanes of at least 4 members (excludes halogenated alkanes) is 1. The molecule has 114 valence electrons. The van der Waals surface area contributed by atoms with Gasteiger partial charge in [-0.1, -0.05) is 61.9 Å². The van der Waals surface area contributed by atoms with Gasteiger partial charge in [-0.05, 0) is 43.2 Å². The molecule has 0 aliphatic heterocycles. The SMILES string of the molecule is CCCCC1(C2CCCC2)Cc2ccc(Cl)c(Cl)c2C1=O. The summed E-state index contributed by atoms with van der Waals surface area (Å²) in [4.78, 5) is 13.2. The van der Waals surface area contributed by atoms with Crippen LogP contribution < -0.4 is 0 Å². The molecule has 1 fully saturated rings. The van der Waals surface area contributed by atoms with Gasteiger partial charge in [-0.25, -0.2) is 0 Å². The van der Waals surface area contributed by atoms with Crippen LogP contribution in [0.4, 0.5) is 0 Å². The Morgan fingerprint density at radius 2 is 1.95 bits per heavy atom. The summed E-state index contributed by atoms with van der Waals surface area (Å²) in [6.45, 7) is 2.19. The lowest BCUT2D eigenvalue weighted by Gasteiger charge is -2.34. The van der Waals surface area contributed by atoms with Crippen LogP contribution in [0.3, 0.4) is 0 Å². The number of hydrogen-bond acceptors (Lipinski definition) is 1. The van der Waals surface area contributed by atoms with E-state index in [1.165, 1.54) is 25.7 Å². The largest absolute Gasteiger partial charge is 0.293 e. The summed E-state index contributed by atoms with van der Waals surface area (Å²) < 4.78 is 0. The van der Waals surface area contributed by atoms with Crippen LogP contribution in [0.1, 0.15) is 67.8 Å². The first-order valence-corrected chi connectivity index (χ1v) is 8.87. The highest BCUT2D eigenvalue weighted by atomic mass is 35.5. The molecule has 2 aliphatic rings. The van der Waals surface area contributed by atoms with Gasteiger partial charge < -0.3 is 0 Å². The van der Waals surface area contributed by atoms with Gasteiger partial charge in [0, 0.05) is 11.0 Å². The van der Waals surface area contributed by atoms with Gasteiger partial charge >= 0.3 is 0 Å². The topological polar surface area (TPSA) is 17.1 Å². The third kappa shape index (κ3) is 2.43. The second-order valence-electron chi connectivity index (χ2n) is 6.64. The molecule has 1 nitrogen and oxygen atoms in total. The number of hydrogen-bond donors (Lipinski definition) is 0. The first kappa shape index (κ1) is 15.4. The maximum atomic E-state index is 13.2. The van der Waals surface area contributed by atoms with E-state index < -0.39 is 0 Å². The highest BCUT2D eigenvalue weighted by molar-refractivity contribution is 6.44. The highest BCUT2D eigenvalue weighted by Crippen LogP contribution is 2.53. The van der Waals surface area contributed by atoms with E-state index in [0.29, 0.717) is 21.5 Å². The Morgan fingerprint density at radius 1 is 1.24 bits per heavy atom. The van der Waals surface area contributed by atoms with Gasteiger partial charge in [0.1, 0.15) is 0 Å². The van der Waals surface area contributed by atoms with Crippen LogP contribution in [-0.4, -0.2) is 5.78 Å². The molecule has 3 heteroatoms. The van der Waals surface area contributed by atoms with Crippen LogP contribution in [0.2, 0.25) is 10.0 Å². The lowest BCUT2D eigenvalue weighted by atomic mass is 9.68. The minimum Gasteiger partial charge on any atom is -0.293 e. The molecule has 0 N–H and O–H groups in total. The average Bonchev–Trinajstić information content (AvgIpc) is 3.09. The predicted molar refractivity (Wildman–Crippen MR) is 88.4 cm³/mol. The fourth-order valence-electron chi connectivity index (χ4n) is 4.36. The summed E-state index contributed by atoms with van der Waals surface area (Å²) in [5.41, 5.74) is 1.62. The number of halogens is 2. The predicted octanol–water partition coefficient (Wildman–Crippen LogP) is 6.10. The standard InChI is InChI=1S/C18H22Cl2O/c1-2-3-10-18(13-6-4-5-7-13)11-12-8-9-14(19)16(20)15(12)17(18)21/h8-9,13H,2-7,10-11H2,1H3. The minimum absolute atomic E-state index is 0.205. The molecule has 21 heavy (non-hydrogen) atoms. The summed E-state index contributed by atoms with van der Waals surface area (Å²) in [5, 5.41) is 0.969. The molecule has 2 aliphatic carbocycles. The Labute approximate surface area is 137 Å². The Kier molecular flexibility index (Phi) is 4.34. The molecule has 1 aromatic rings. The van der Waals surface area contributed by atoms with Crippen LogP contribution in [0.5, 0.6) is 0 Å². The van der Waals surface area contributed by atoms with E-state index in [9.17, 15) is 4.79 Å². The Hall–Kier alpha value is -0.530. The van der Waals surface area contributed by atoms with Crippen LogP contribution in [0.15, 0.2) is 12.1 Å². The van der Waals surface area contributed by atoms with Crippen molar-refractivity contribution >= 4 is 29.0 Å². The molecule has 1 saturated carbocycles. The zero-order chi connectivity index (χ0) is 15.0. The van der Waals surface area contributed by atoms with Crippen molar-refractivity contribution < 1.29 is 4.79 Å². The smallest absolute Gasteiger partial charge is 0.171 e. The van der Waals surface area contributed by atoms with Gasteiger partial charge in [-0.3, -0.25) is 4.79 Å². The number of rotatable bonds is 4. The van der Waals surface area contributed by atoms with E-state index >= 15 is 0 Å². The highest BCUT2D eigenvalue weighted by Gasteiger charge is 2.51. The Bertz CT molecular complexity index is 561. The molecule has 3 rings (SSSR count). The molecule has 1 aromatic carbocycles. The zero-order valence-corrected chi connectivity index (χ0v) is 14.1. The third-order valence-electron chi connectivity index (χ3n) is 5.48. The van der Waals surface area contributed by atoms with Crippen molar-refractivity contribution in [3.8, 4) is 0 Å². The molecular weight excluding hydrogens is 303 g/mol. The van der Waals surface area contributed by atoms with Crippen LogP contribution in [0, 0.1) is 11.3 Å². The average molecular weight is 325 g/mol. The summed E-state index contributed by atoms with van der Waals surface area (Å²) in [7, 11) is 0. The molecular formula is C18H22Cl2O. The molecule has 0 saturated heterocycles. The number of fused-ring (bicyclic) bond motifs is 1. The molecule has 0 bridgehead atoms. The second-order valence-corrected chi connectivity index (χ2v) is 7.43. The Morgan fingerprint density at radius 3 is 2.62 bits per heavy atom. The van der Waals surface area contributed by atoms with E-state index in [0.717, 1.165) is 31.2 Å². The lowest BCUT2D eigenvalue weighted by Crippen LogP contribution is -2.35. The quantitative estimate of drug-likeness (QED) is 0.654. The first-order valence-electron chi connectivity index (χ1n) is 8.12. The van der Waals surface area contributed by atoms with E-state index in [1.54, 1.807) is 0 Å². The maximum Gasteiger partial charge on any atom is 0.171 e. The molecule has 0 spiro atoms. The fraction of sp³-hybridized carbons (Fsp3) is 0.611. The maximum absolute atomic E-state index is 13.2. The number of benzene rings is 1. The van der Waals surface area contributed by atoms with Crippen LogP contribution in [-0.2, 0) is 6.42 Å². The van der Waals surface area contributed by atoms with Crippen molar-refractivity contribution in [1.82, 2.24) is 0 Å². The number of ketones is 1. The molecule has 1 unspecified atom stereocenters. The van der Waals surface area contributed by atoms with E-state index in [2.05, 4.69) is 6.92 Å². The summed E-state index contributed by atoms with van der Waals surface area (Å²) in [6.07, 6.45) is 9.00. The van der Waals surface area contributed by atoms with Gasteiger partial charge in [0.2, 0.25) is 0 Å². The van der Waals surface area contributed by atoms with E-state index in [-0.39, 0.29) is 11.2 Å². The number of carbonyl (C=O) groups excluding carboxylic acids is 1. The first-order chi connectivity index (χ1) is 10.1. The molecule has 0 amide bonds. The minimum atomic E-state index is -0.205. The normalized spacial score (nSPS) is 25.6. The van der Waals surface area contributed by atoms with Crippen LogP contribution >= 0.6 is 23.2 Å². The molecule has 0 heterocycles. The number of Topliss-reactive ketones (excluding diaryl/α,β-unsaturated/α-hetero) is 1. The van der Waals surface area contributed by atoms with Crippen molar-refractivity contribution in [3.63, 3.8) is 0 Å². The second kappa shape index (κ2) is 5.93. The van der Waals surface area contributed by atoms with Crippen molar-refractivity contribution in [1.29, 1.82) is 0 Å². The van der Waals surface area contributed by atoms with Crippen molar-refractivity contribution in [2.75, 3.05) is 0 Å².